The quantitative estimate of drug-likeness (QED) is 0.884. The molecule has 0 spiro atoms. The minimum Gasteiger partial charge on any atom is -0.394 e. The summed E-state index contributed by atoms with van der Waals surface area (Å²) < 4.78 is 1.71. The minimum atomic E-state index is -0.860. The molecule has 0 bridgehead atoms. The highest BCUT2D eigenvalue weighted by Crippen LogP contribution is 2.22. The van der Waals surface area contributed by atoms with Crippen LogP contribution in [0.4, 0.5) is 0 Å². The third-order valence-corrected chi connectivity index (χ3v) is 3.48. The Kier molecular flexibility index (Phi) is 3.71. The van der Waals surface area contributed by atoms with E-state index in [1.807, 2.05) is 37.3 Å². The van der Waals surface area contributed by atoms with Gasteiger partial charge in [-0.15, -0.1) is 0 Å². The molecule has 1 aromatic heterocycles. The van der Waals surface area contributed by atoms with Gasteiger partial charge in [-0.3, -0.25) is 4.68 Å². The van der Waals surface area contributed by atoms with Gasteiger partial charge in [0.25, 0.3) is 0 Å². The second-order valence-corrected chi connectivity index (χ2v) is 4.82. The predicted molar refractivity (Wildman–Crippen MR) is 71.4 cm³/mol. The van der Waals surface area contributed by atoms with Crippen molar-refractivity contribution >= 4 is 11.6 Å². The van der Waals surface area contributed by atoms with Gasteiger partial charge in [0, 0.05) is 0 Å². The SMILES string of the molecule is Cc1c(Cl)cnn1CC(N)(CO)c1ccccc1. The van der Waals surface area contributed by atoms with Gasteiger partial charge in [-0.2, -0.15) is 5.10 Å². The van der Waals surface area contributed by atoms with Crippen molar-refractivity contribution in [3.8, 4) is 0 Å². The Labute approximate surface area is 111 Å². The van der Waals surface area contributed by atoms with E-state index in [2.05, 4.69) is 5.10 Å². The van der Waals surface area contributed by atoms with Crippen molar-refractivity contribution in [3.05, 3.63) is 52.8 Å². The average Bonchev–Trinajstić information content (AvgIpc) is 2.71. The van der Waals surface area contributed by atoms with Crippen molar-refractivity contribution in [3.63, 3.8) is 0 Å². The third-order valence-electron chi connectivity index (χ3n) is 3.11. The topological polar surface area (TPSA) is 64.1 Å². The Balaban J connectivity index is 2.32. The summed E-state index contributed by atoms with van der Waals surface area (Å²) in [4.78, 5) is 0. The Hall–Kier alpha value is -1.36. The number of aliphatic hydroxyl groups excluding tert-OH is 1. The second kappa shape index (κ2) is 5.10. The maximum atomic E-state index is 9.60. The van der Waals surface area contributed by atoms with E-state index in [0.717, 1.165) is 11.3 Å². The number of benzene rings is 1. The molecule has 0 aliphatic heterocycles. The van der Waals surface area contributed by atoms with Crippen molar-refractivity contribution in [2.75, 3.05) is 6.61 Å². The number of aromatic nitrogens is 2. The minimum absolute atomic E-state index is 0.159. The zero-order chi connectivity index (χ0) is 13.2. The summed E-state index contributed by atoms with van der Waals surface area (Å²) in [6.45, 7) is 2.10. The molecule has 5 heteroatoms. The molecule has 0 saturated heterocycles. The van der Waals surface area contributed by atoms with Gasteiger partial charge in [0.1, 0.15) is 0 Å². The molecule has 0 saturated carbocycles. The molecule has 0 aliphatic rings. The first kappa shape index (κ1) is 13.1. The lowest BCUT2D eigenvalue weighted by Crippen LogP contribution is -2.45. The Morgan fingerprint density at radius 3 is 2.56 bits per heavy atom. The number of rotatable bonds is 4. The van der Waals surface area contributed by atoms with Crippen LogP contribution in [0.2, 0.25) is 5.02 Å². The van der Waals surface area contributed by atoms with Gasteiger partial charge in [-0.05, 0) is 12.5 Å². The van der Waals surface area contributed by atoms with E-state index < -0.39 is 5.54 Å². The van der Waals surface area contributed by atoms with Gasteiger partial charge in [0.2, 0.25) is 0 Å². The molecule has 0 aliphatic carbocycles. The summed E-state index contributed by atoms with van der Waals surface area (Å²) in [5.41, 5.74) is 7.13. The van der Waals surface area contributed by atoms with Gasteiger partial charge in [0.05, 0.1) is 35.6 Å². The molecule has 1 unspecified atom stereocenters. The highest BCUT2D eigenvalue weighted by atomic mass is 35.5. The van der Waals surface area contributed by atoms with E-state index in [-0.39, 0.29) is 6.61 Å². The highest BCUT2D eigenvalue weighted by Gasteiger charge is 2.28. The largest absolute Gasteiger partial charge is 0.394 e. The van der Waals surface area contributed by atoms with Crippen LogP contribution in [0.5, 0.6) is 0 Å². The zero-order valence-electron chi connectivity index (χ0n) is 10.2. The molecule has 3 N–H and O–H groups in total. The van der Waals surface area contributed by atoms with Gasteiger partial charge >= 0.3 is 0 Å². The lowest BCUT2D eigenvalue weighted by Gasteiger charge is -2.28. The normalized spacial score (nSPS) is 14.4. The number of hydrogen-bond acceptors (Lipinski definition) is 3. The number of aliphatic hydroxyl groups is 1. The lowest BCUT2D eigenvalue weighted by atomic mass is 9.92. The Morgan fingerprint density at radius 1 is 1.39 bits per heavy atom. The summed E-state index contributed by atoms with van der Waals surface area (Å²) in [6.07, 6.45) is 1.58. The number of nitrogens with zero attached hydrogens (tertiary/aromatic N) is 2. The average molecular weight is 266 g/mol. The van der Waals surface area contributed by atoms with Gasteiger partial charge in [-0.25, -0.2) is 0 Å². The van der Waals surface area contributed by atoms with E-state index >= 15 is 0 Å². The fourth-order valence-electron chi connectivity index (χ4n) is 1.85. The highest BCUT2D eigenvalue weighted by molar-refractivity contribution is 6.31. The van der Waals surface area contributed by atoms with Crippen LogP contribution in [0.25, 0.3) is 0 Å². The van der Waals surface area contributed by atoms with E-state index in [1.54, 1.807) is 10.9 Å². The number of halogens is 1. The summed E-state index contributed by atoms with van der Waals surface area (Å²) in [5, 5.41) is 14.4. The molecule has 96 valence electrons. The molecule has 1 heterocycles. The van der Waals surface area contributed by atoms with Crippen LogP contribution < -0.4 is 5.73 Å². The molecular formula is C13H16ClN3O. The molecule has 2 aromatic rings. The van der Waals surface area contributed by atoms with Crippen LogP contribution in [-0.4, -0.2) is 21.5 Å². The lowest BCUT2D eigenvalue weighted by molar-refractivity contribution is 0.174. The fourth-order valence-corrected chi connectivity index (χ4v) is 1.99. The summed E-state index contributed by atoms with van der Waals surface area (Å²) in [7, 11) is 0. The van der Waals surface area contributed by atoms with Crippen LogP contribution in [0, 0.1) is 6.92 Å². The van der Waals surface area contributed by atoms with Gasteiger partial charge in [-0.1, -0.05) is 41.9 Å². The summed E-state index contributed by atoms with van der Waals surface area (Å²) in [5.74, 6) is 0. The van der Waals surface area contributed by atoms with Gasteiger partial charge < -0.3 is 10.8 Å². The van der Waals surface area contributed by atoms with Crippen molar-refractivity contribution in [1.82, 2.24) is 9.78 Å². The van der Waals surface area contributed by atoms with Crippen LogP contribution in [0.15, 0.2) is 36.5 Å². The number of hydrogen-bond donors (Lipinski definition) is 2. The molecule has 2 rings (SSSR count). The molecule has 0 amide bonds. The predicted octanol–water partition coefficient (Wildman–Crippen LogP) is 1.69. The second-order valence-electron chi connectivity index (χ2n) is 4.42. The fraction of sp³-hybridized carbons (Fsp3) is 0.308. The third kappa shape index (κ3) is 2.41. The molecule has 1 aromatic carbocycles. The Morgan fingerprint density at radius 2 is 2.06 bits per heavy atom. The smallest absolute Gasteiger partial charge is 0.0842 e. The first-order valence-corrected chi connectivity index (χ1v) is 6.08. The molecular weight excluding hydrogens is 250 g/mol. The molecule has 18 heavy (non-hydrogen) atoms. The van der Waals surface area contributed by atoms with Crippen LogP contribution in [0.3, 0.4) is 0 Å². The van der Waals surface area contributed by atoms with Crippen LogP contribution in [0.1, 0.15) is 11.3 Å². The number of nitrogens with two attached hydrogens (primary N) is 1. The standard InChI is InChI=1S/C13H16ClN3O/c1-10-12(14)7-16-17(10)8-13(15,9-18)11-5-3-2-4-6-11/h2-7,18H,8-9,15H2,1H3. The first-order chi connectivity index (χ1) is 8.57. The van der Waals surface area contributed by atoms with Crippen molar-refractivity contribution < 1.29 is 5.11 Å². The first-order valence-electron chi connectivity index (χ1n) is 5.70. The molecule has 0 radical (unpaired) electrons. The van der Waals surface area contributed by atoms with E-state index in [9.17, 15) is 5.11 Å². The maximum Gasteiger partial charge on any atom is 0.0842 e. The van der Waals surface area contributed by atoms with Crippen molar-refractivity contribution in [1.29, 1.82) is 0 Å². The van der Waals surface area contributed by atoms with E-state index in [0.29, 0.717) is 11.6 Å². The van der Waals surface area contributed by atoms with Crippen LogP contribution >= 0.6 is 11.6 Å². The van der Waals surface area contributed by atoms with Crippen molar-refractivity contribution in [2.24, 2.45) is 5.73 Å². The van der Waals surface area contributed by atoms with E-state index in [1.165, 1.54) is 0 Å². The molecule has 1 atom stereocenters. The molecule has 4 nitrogen and oxygen atoms in total. The van der Waals surface area contributed by atoms with Crippen molar-refractivity contribution in [2.45, 2.75) is 19.0 Å². The summed E-state index contributed by atoms with van der Waals surface area (Å²) >= 11 is 5.96. The summed E-state index contributed by atoms with van der Waals surface area (Å²) in [6, 6.07) is 9.51. The van der Waals surface area contributed by atoms with E-state index in [4.69, 9.17) is 17.3 Å². The Bertz CT molecular complexity index is 526. The van der Waals surface area contributed by atoms with Crippen LogP contribution in [-0.2, 0) is 12.1 Å². The maximum absolute atomic E-state index is 9.60. The molecule has 0 fully saturated rings. The van der Waals surface area contributed by atoms with Gasteiger partial charge in [0.15, 0.2) is 0 Å². The monoisotopic (exact) mass is 265 g/mol. The zero-order valence-corrected chi connectivity index (χ0v) is 10.9.